The largest absolute Gasteiger partial charge is 0.236 e. The van der Waals surface area contributed by atoms with E-state index in [2.05, 4.69) is 9.97 Å². The zero-order chi connectivity index (χ0) is 13.3. The van der Waals surface area contributed by atoms with Crippen LogP contribution >= 0.6 is 11.6 Å². The van der Waals surface area contributed by atoms with Crippen LogP contribution in [0.2, 0.25) is 5.15 Å². The maximum absolute atomic E-state index is 13.2. The topological polar surface area (TPSA) is 25.8 Å². The molecule has 0 amide bonds. The molecule has 0 aliphatic rings. The molecule has 0 fully saturated rings. The summed E-state index contributed by atoms with van der Waals surface area (Å²) in [5, 5.41) is 0.305. The van der Waals surface area contributed by atoms with Crippen LogP contribution in [0.5, 0.6) is 0 Å². The van der Waals surface area contributed by atoms with Crippen molar-refractivity contribution in [3.8, 4) is 11.3 Å². The van der Waals surface area contributed by atoms with Gasteiger partial charge in [-0.1, -0.05) is 25.4 Å². The fourth-order valence-corrected chi connectivity index (χ4v) is 2.16. The Morgan fingerprint density at radius 3 is 2.22 bits per heavy atom. The van der Waals surface area contributed by atoms with Crippen LogP contribution < -0.4 is 0 Å². The molecule has 1 aromatic heterocycles. The van der Waals surface area contributed by atoms with Crippen LogP contribution in [0.1, 0.15) is 25.3 Å². The molecule has 1 heterocycles. The molecule has 0 saturated heterocycles. The minimum atomic E-state index is -0.644. The Morgan fingerprint density at radius 1 is 1.06 bits per heavy atom. The third kappa shape index (κ3) is 2.48. The van der Waals surface area contributed by atoms with E-state index in [4.69, 9.17) is 11.6 Å². The Labute approximate surface area is 109 Å². The molecule has 0 atom stereocenters. The summed E-state index contributed by atoms with van der Waals surface area (Å²) in [5.74, 6) is -1.23. The molecule has 2 rings (SSSR count). The van der Waals surface area contributed by atoms with Crippen LogP contribution in [-0.4, -0.2) is 9.97 Å². The van der Waals surface area contributed by atoms with Crippen molar-refractivity contribution in [1.29, 1.82) is 0 Å². The van der Waals surface area contributed by atoms with Crippen molar-refractivity contribution in [2.45, 2.75) is 19.8 Å². The second-order valence-electron chi connectivity index (χ2n) is 4.24. The number of halogens is 3. The molecule has 0 aliphatic heterocycles. The van der Waals surface area contributed by atoms with Crippen molar-refractivity contribution < 1.29 is 8.78 Å². The van der Waals surface area contributed by atoms with Crippen LogP contribution in [0.4, 0.5) is 8.78 Å². The Morgan fingerprint density at radius 2 is 1.67 bits per heavy atom. The molecule has 0 unspecified atom stereocenters. The SMILES string of the molecule is CC(C)c1c(Cl)ncnc1-c1cc(F)cc(F)c1. The second-order valence-corrected chi connectivity index (χ2v) is 4.60. The van der Waals surface area contributed by atoms with Crippen molar-refractivity contribution in [2.24, 2.45) is 0 Å². The molecule has 2 aromatic rings. The molecule has 18 heavy (non-hydrogen) atoms. The monoisotopic (exact) mass is 268 g/mol. The second kappa shape index (κ2) is 4.98. The molecule has 5 heteroatoms. The Hall–Kier alpha value is -1.55. The molecule has 0 saturated carbocycles. The summed E-state index contributed by atoms with van der Waals surface area (Å²) in [6.45, 7) is 3.84. The molecule has 2 nitrogen and oxygen atoms in total. The summed E-state index contributed by atoms with van der Waals surface area (Å²) in [5.41, 5.74) is 1.51. The molecule has 0 aliphatic carbocycles. The normalized spacial score (nSPS) is 11.0. The Bertz CT molecular complexity index is 565. The van der Waals surface area contributed by atoms with Gasteiger partial charge in [-0.25, -0.2) is 18.7 Å². The van der Waals surface area contributed by atoms with Gasteiger partial charge in [-0.05, 0) is 18.1 Å². The van der Waals surface area contributed by atoms with Crippen LogP contribution in [0, 0.1) is 11.6 Å². The van der Waals surface area contributed by atoms with Crippen LogP contribution in [-0.2, 0) is 0 Å². The van der Waals surface area contributed by atoms with Gasteiger partial charge >= 0.3 is 0 Å². The van der Waals surface area contributed by atoms with Crippen molar-refractivity contribution in [2.75, 3.05) is 0 Å². The lowest BCUT2D eigenvalue weighted by molar-refractivity contribution is 0.584. The Balaban J connectivity index is 2.67. The van der Waals surface area contributed by atoms with E-state index in [-0.39, 0.29) is 5.92 Å². The zero-order valence-electron chi connectivity index (χ0n) is 9.92. The molecule has 0 bridgehead atoms. The first-order valence-corrected chi connectivity index (χ1v) is 5.83. The third-order valence-corrected chi connectivity index (χ3v) is 2.85. The van der Waals surface area contributed by atoms with E-state index >= 15 is 0 Å². The number of aromatic nitrogens is 2. The van der Waals surface area contributed by atoms with Gasteiger partial charge in [0, 0.05) is 17.2 Å². The van der Waals surface area contributed by atoms with Gasteiger partial charge in [0.15, 0.2) is 0 Å². The standard InChI is InChI=1S/C13H11ClF2N2/c1-7(2)11-12(17-6-18-13(11)14)8-3-9(15)5-10(16)4-8/h3-7H,1-2H3. The average molecular weight is 269 g/mol. The fourth-order valence-electron chi connectivity index (χ4n) is 1.81. The highest BCUT2D eigenvalue weighted by Crippen LogP contribution is 2.32. The van der Waals surface area contributed by atoms with Crippen molar-refractivity contribution in [3.63, 3.8) is 0 Å². The summed E-state index contributed by atoms with van der Waals surface area (Å²) in [6.07, 6.45) is 1.28. The number of rotatable bonds is 2. The highest BCUT2D eigenvalue weighted by Gasteiger charge is 2.16. The summed E-state index contributed by atoms with van der Waals surface area (Å²) in [6, 6.07) is 3.28. The molecule has 94 valence electrons. The number of nitrogens with zero attached hydrogens (tertiary/aromatic N) is 2. The van der Waals surface area contributed by atoms with Crippen molar-refractivity contribution in [1.82, 2.24) is 9.97 Å². The van der Waals surface area contributed by atoms with E-state index in [0.29, 0.717) is 22.0 Å². The van der Waals surface area contributed by atoms with Crippen molar-refractivity contribution in [3.05, 3.63) is 46.9 Å². The highest BCUT2D eigenvalue weighted by molar-refractivity contribution is 6.30. The van der Waals surface area contributed by atoms with Crippen molar-refractivity contribution >= 4 is 11.6 Å². The first-order chi connectivity index (χ1) is 8.49. The minimum absolute atomic E-state index is 0.0556. The molecule has 0 radical (unpaired) electrons. The third-order valence-electron chi connectivity index (χ3n) is 2.55. The minimum Gasteiger partial charge on any atom is -0.236 e. The number of hydrogen-bond donors (Lipinski definition) is 0. The smallest absolute Gasteiger partial charge is 0.136 e. The first-order valence-electron chi connectivity index (χ1n) is 5.46. The highest BCUT2D eigenvalue weighted by atomic mass is 35.5. The predicted octanol–water partition coefficient (Wildman–Crippen LogP) is 4.20. The molecule has 0 spiro atoms. The lowest BCUT2D eigenvalue weighted by Gasteiger charge is -2.12. The molecule has 0 N–H and O–H groups in total. The zero-order valence-corrected chi connectivity index (χ0v) is 10.7. The Kier molecular flexibility index (Phi) is 3.57. The predicted molar refractivity (Wildman–Crippen MR) is 66.5 cm³/mol. The van der Waals surface area contributed by atoms with Gasteiger partial charge in [0.05, 0.1) is 5.69 Å². The number of benzene rings is 1. The van der Waals surface area contributed by atoms with Gasteiger partial charge in [0.2, 0.25) is 0 Å². The molecule has 1 aromatic carbocycles. The van der Waals surface area contributed by atoms with E-state index in [1.165, 1.54) is 18.5 Å². The van der Waals surface area contributed by atoms with E-state index in [9.17, 15) is 8.78 Å². The van der Waals surface area contributed by atoms with Crippen LogP contribution in [0.15, 0.2) is 24.5 Å². The van der Waals surface area contributed by atoms with E-state index in [1.807, 2.05) is 13.8 Å². The quantitative estimate of drug-likeness (QED) is 0.763. The van der Waals surface area contributed by atoms with Gasteiger partial charge in [-0.2, -0.15) is 0 Å². The maximum atomic E-state index is 13.2. The molecular formula is C13H11ClF2N2. The fraction of sp³-hybridized carbons (Fsp3) is 0.231. The number of hydrogen-bond acceptors (Lipinski definition) is 2. The summed E-state index contributed by atoms with van der Waals surface area (Å²) >= 11 is 6.02. The lowest BCUT2D eigenvalue weighted by Crippen LogP contribution is -1.99. The first kappa shape index (κ1) is 12.9. The van der Waals surface area contributed by atoms with Crippen LogP contribution in [0.3, 0.4) is 0 Å². The van der Waals surface area contributed by atoms with Gasteiger partial charge in [0.1, 0.15) is 23.1 Å². The van der Waals surface area contributed by atoms with Gasteiger partial charge in [-0.15, -0.1) is 0 Å². The maximum Gasteiger partial charge on any atom is 0.136 e. The average Bonchev–Trinajstić information content (AvgIpc) is 2.26. The van der Waals surface area contributed by atoms with E-state index in [1.54, 1.807) is 0 Å². The van der Waals surface area contributed by atoms with Gasteiger partial charge < -0.3 is 0 Å². The van der Waals surface area contributed by atoms with E-state index in [0.717, 1.165) is 6.07 Å². The summed E-state index contributed by atoms with van der Waals surface area (Å²) in [7, 11) is 0. The van der Waals surface area contributed by atoms with Gasteiger partial charge in [0.25, 0.3) is 0 Å². The molecular weight excluding hydrogens is 258 g/mol. The lowest BCUT2D eigenvalue weighted by atomic mass is 9.98. The van der Waals surface area contributed by atoms with E-state index < -0.39 is 11.6 Å². The summed E-state index contributed by atoms with van der Waals surface area (Å²) in [4.78, 5) is 7.98. The summed E-state index contributed by atoms with van der Waals surface area (Å²) < 4.78 is 26.5. The van der Waals surface area contributed by atoms with Gasteiger partial charge in [-0.3, -0.25) is 0 Å². The van der Waals surface area contributed by atoms with Crippen LogP contribution in [0.25, 0.3) is 11.3 Å².